The van der Waals surface area contributed by atoms with Gasteiger partial charge in [-0.25, -0.2) is 14.8 Å². The first-order valence-corrected chi connectivity index (χ1v) is 26.9. The number of para-hydroxylation sites is 1. The van der Waals surface area contributed by atoms with Crippen molar-refractivity contribution < 1.29 is 63.3 Å². The van der Waals surface area contributed by atoms with Crippen LogP contribution in [0, 0.1) is 5.92 Å². The molecule has 452 valence electrons. The van der Waals surface area contributed by atoms with Crippen LogP contribution in [-0.4, -0.2) is 167 Å². The zero-order valence-electron chi connectivity index (χ0n) is 46.5. The molecule has 0 fully saturated rings. The molecule has 84 heavy (non-hydrogen) atoms. The van der Waals surface area contributed by atoms with Gasteiger partial charge in [-0.1, -0.05) is 50.6 Å². The highest BCUT2D eigenvalue weighted by atomic mass is 16.4. The number of carboxylic acids is 2. The molecule has 3 heterocycles. The molecule has 30 nitrogen and oxygen atoms in total. The number of hydrogen-bond acceptors (Lipinski definition) is 15. The lowest BCUT2D eigenvalue weighted by atomic mass is 9.96. The van der Waals surface area contributed by atoms with E-state index in [2.05, 4.69) is 72.4 Å². The lowest BCUT2D eigenvalue weighted by molar-refractivity contribution is -0.142. The quantitative estimate of drug-likeness (QED) is 0.0115. The van der Waals surface area contributed by atoms with Crippen LogP contribution in [0.15, 0.2) is 84.8 Å². The van der Waals surface area contributed by atoms with E-state index in [9.17, 15) is 63.3 Å². The van der Waals surface area contributed by atoms with Gasteiger partial charge in [-0.05, 0) is 61.4 Å². The molecule has 0 unspecified atom stereocenters. The molecule has 0 aliphatic carbocycles. The minimum Gasteiger partial charge on any atom is -0.508 e. The van der Waals surface area contributed by atoms with Gasteiger partial charge in [0.05, 0.1) is 19.2 Å². The second-order valence-electron chi connectivity index (χ2n) is 19.9. The molecular formula is C54H73N17O13. The third kappa shape index (κ3) is 20.3. The van der Waals surface area contributed by atoms with Crippen molar-refractivity contribution in [2.45, 2.75) is 127 Å². The molecule has 0 spiro atoms. The minimum absolute atomic E-state index is 0.0374. The van der Waals surface area contributed by atoms with Gasteiger partial charge < -0.3 is 90.0 Å². The second-order valence-corrected chi connectivity index (χ2v) is 19.9. The number of aromatic hydroxyl groups is 1. The van der Waals surface area contributed by atoms with Gasteiger partial charge >= 0.3 is 11.9 Å². The van der Waals surface area contributed by atoms with Crippen LogP contribution in [0.3, 0.4) is 0 Å². The van der Waals surface area contributed by atoms with Crippen molar-refractivity contribution in [2.24, 2.45) is 28.1 Å². The van der Waals surface area contributed by atoms with Crippen molar-refractivity contribution in [3.63, 3.8) is 0 Å². The Hall–Kier alpha value is -9.87. The lowest BCUT2D eigenvalue weighted by Crippen LogP contribution is -2.61. The highest BCUT2D eigenvalue weighted by Gasteiger charge is 2.36. The number of aromatic amines is 3. The fraction of sp³-hybridized carbons (Fsp3) is 0.426. The van der Waals surface area contributed by atoms with E-state index in [-0.39, 0.29) is 56.8 Å². The van der Waals surface area contributed by atoms with Crippen LogP contribution in [-0.2, 0) is 73.6 Å². The van der Waals surface area contributed by atoms with Crippen LogP contribution in [0.2, 0.25) is 0 Å². The zero-order valence-corrected chi connectivity index (χ0v) is 46.5. The summed E-state index contributed by atoms with van der Waals surface area (Å²) in [5.74, 6) is -10.7. The molecule has 5 rings (SSSR count). The molecule has 5 aromatic rings. The fourth-order valence-corrected chi connectivity index (χ4v) is 8.72. The molecule has 0 aliphatic rings. The number of phenolic OH excluding ortho intramolecular Hbond substituents is 1. The summed E-state index contributed by atoms with van der Waals surface area (Å²) < 4.78 is 0. The summed E-state index contributed by atoms with van der Waals surface area (Å²) >= 11 is 0. The smallest absolute Gasteiger partial charge is 0.326 e. The number of nitrogens with two attached hydrogens (primary N) is 3. The molecule has 20 N–H and O–H groups in total. The van der Waals surface area contributed by atoms with Gasteiger partial charge in [0.15, 0.2) is 5.96 Å². The average Bonchev–Trinajstić information content (AvgIpc) is 4.41. The molecule has 30 heteroatoms. The van der Waals surface area contributed by atoms with Crippen LogP contribution in [0.4, 0.5) is 0 Å². The number of carboxylic acid groups (broad SMARTS) is 2. The third-order valence-electron chi connectivity index (χ3n) is 13.6. The van der Waals surface area contributed by atoms with Gasteiger partial charge in [0.25, 0.3) is 0 Å². The molecule has 0 aliphatic heterocycles. The predicted octanol–water partition coefficient (Wildman–Crippen LogP) is -2.50. The molecule has 0 saturated heterocycles. The van der Waals surface area contributed by atoms with Crippen LogP contribution < -0.4 is 59.7 Å². The van der Waals surface area contributed by atoms with Gasteiger partial charge in [-0.15, -0.1) is 0 Å². The largest absolute Gasteiger partial charge is 0.508 e. The topological polar surface area (TPSA) is 491 Å². The second kappa shape index (κ2) is 31.9. The third-order valence-corrected chi connectivity index (χ3v) is 13.6. The number of aliphatic carboxylic acids is 2. The number of hydrogen-bond donors (Lipinski definition) is 17. The van der Waals surface area contributed by atoms with Crippen molar-refractivity contribution in [1.82, 2.24) is 67.5 Å². The normalized spacial score (nSPS) is 14.3. The number of benzene rings is 2. The van der Waals surface area contributed by atoms with Crippen molar-refractivity contribution in [3.05, 3.63) is 102 Å². The Bertz CT molecular complexity index is 3070. The SMILES string of the molecule is CC[C@H](C)[C@H](NC(=O)[C@H](Cc1c[nH]c2ccccc12)NC(=O)[C@H](CCCN=C(N)N)NC(=O)[C@H](CCC(=O)O)NC(=O)[C@H](C)NC(=O)[C@H](Cc1cnc[nH]1)NC(=O)[C@H](Cc1ccc(O)cc1)NC(=O)CN)C(=O)N[C@@H](Cc1cnc[nH]1)C(=O)O. The number of guanidine groups is 1. The highest BCUT2D eigenvalue weighted by molar-refractivity contribution is 5.98. The van der Waals surface area contributed by atoms with E-state index in [0.29, 0.717) is 39.8 Å². The number of aromatic nitrogens is 5. The standard InChI is InChI=1S/C54H73N17O13/c1-4-28(2)45(52(82)70-42(53(83)84)21-33-25-59-27-63-33)71-51(81)40(19-31-23-61-36-9-6-5-8-35(31)36)68-47(77)37(10-7-17-60-54(56)57)67-48(78)38(15-16-44(74)75)66-46(76)29(3)64-49(79)41(20-32-24-58-26-62-32)69-50(80)39(65-43(73)22-55)18-30-11-13-34(72)14-12-30/h5-6,8-9,11-14,23-29,37-42,45,61,72H,4,7,10,15-22,55H2,1-3H3,(H,58,62)(H,59,63)(H,64,79)(H,65,73)(H,66,76)(H,67,78)(H,68,77)(H,69,80)(H,70,82)(H,71,81)(H,74,75)(H,83,84)(H4,56,57,60)/t28-,29-,37-,38-,39-,40-,41-,42-,45-/m0/s1. The van der Waals surface area contributed by atoms with Crippen molar-refractivity contribution in [2.75, 3.05) is 13.1 Å². The summed E-state index contributed by atoms with van der Waals surface area (Å²) in [6.45, 7) is 4.18. The summed E-state index contributed by atoms with van der Waals surface area (Å²) in [5, 5.41) is 50.8. The van der Waals surface area contributed by atoms with Crippen molar-refractivity contribution >= 4 is 76.1 Å². The maximum absolute atomic E-state index is 14.7. The van der Waals surface area contributed by atoms with E-state index in [1.165, 1.54) is 56.2 Å². The molecule has 2 aromatic carbocycles. The zero-order chi connectivity index (χ0) is 61.5. The number of rotatable bonds is 34. The summed E-state index contributed by atoms with van der Waals surface area (Å²) in [7, 11) is 0. The summed E-state index contributed by atoms with van der Waals surface area (Å²) in [6, 6.07) is 1.37. The molecule has 9 atom stereocenters. The Morgan fingerprint density at radius 2 is 1.14 bits per heavy atom. The minimum atomic E-state index is -1.67. The number of carbonyl (C=O) groups is 10. The van der Waals surface area contributed by atoms with E-state index in [1.54, 1.807) is 44.3 Å². The van der Waals surface area contributed by atoms with Gasteiger partial charge in [0, 0.05) is 79.5 Å². The molecule has 0 bridgehead atoms. The average molecular weight is 1170 g/mol. The van der Waals surface area contributed by atoms with E-state index in [4.69, 9.17) is 17.2 Å². The fourth-order valence-electron chi connectivity index (χ4n) is 8.72. The molecule has 3 aromatic heterocycles. The van der Waals surface area contributed by atoms with Crippen LogP contribution >= 0.6 is 0 Å². The van der Waals surface area contributed by atoms with Crippen LogP contribution in [0.1, 0.15) is 75.4 Å². The summed E-state index contributed by atoms with van der Waals surface area (Å²) in [4.78, 5) is 157. The Morgan fingerprint density at radius 1 is 0.607 bits per heavy atom. The van der Waals surface area contributed by atoms with Gasteiger partial charge in [-0.3, -0.25) is 48.1 Å². The number of fused-ring (bicyclic) bond motifs is 1. The first kappa shape index (κ1) is 64.9. The Morgan fingerprint density at radius 3 is 1.73 bits per heavy atom. The number of carbonyl (C=O) groups excluding carboxylic acids is 8. The molecule has 8 amide bonds. The molecular weight excluding hydrogens is 1090 g/mol. The highest BCUT2D eigenvalue weighted by Crippen LogP contribution is 2.21. The molecule has 0 saturated carbocycles. The van der Waals surface area contributed by atoms with E-state index >= 15 is 0 Å². The van der Waals surface area contributed by atoms with E-state index in [1.807, 2.05) is 0 Å². The Balaban J connectivity index is 1.38. The summed E-state index contributed by atoms with van der Waals surface area (Å²) in [5.41, 5.74) is 19.2. The van der Waals surface area contributed by atoms with E-state index < -0.39 is 133 Å². The molecule has 0 radical (unpaired) electrons. The number of nitrogens with zero attached hydrogens (tertiary/aromatic N) is 3. The Kier molecular flexibility index (Phi) is 24.7. The van der Waals surface area contributed by atoms with Gasteiger partial charge in [-0.2, -0.15) is 0 Å². The number of phenols is 1. The number of nitrogens with one attached hydrogen (secondary N) is 11. The lowest BCUT2D eigenvalue weighted by Gasteiger charge is -2.29. The van der Waals surface area contributed by atoms with Crippen molar-refractivity contribution in [1.29, 1.82) is 0 Å². The number of H-pyrrole nitrogens is 3. The van der Waals surface area contributed by atoms with Gasteiger partial charge in [0.1, 0.15) is 54.1 Å². The first-order chi connectivity index (χ1) is 40.0. The van der Waals surface area contributed by atoms with Crippen LogP contribution in [0.25, 0.3) is 10.9 Å². The van der Waals surface area contributed by atoms with E-state index in [0.717, 1.165) is 0 Å². The number of imidazole rings is 2. The van der Waals surface area contributed by atoms with Gasteiger partial charge in [0.2, 0.25) is 47.3 Å². The maximum Gasteiger partial charge on any atom is 0.326 e. The predicted molar refractivity (Wildman–Crippen MR) is 302 cm³/mol. The number of aliphatic imine (C=N–C) groups is 1. The monoisotopic (exact) mass is 1170 g/mol. The Labute approximate surface area is 481 Å². The van der Waals surface area contributed by atoms with Crippen molar-refractivity contribution in [3.8, 4) is 5.75 Å². The van der Waals surface area contributed by atoms with Crippen LogP contribution in [0.5, 0.6) is 5.75 Å². The maximum atomic E-state index is 14.7. The number of amides is 8. The summed E-state index contributed by atoms with van der Waals surface area (Å²) in [6.07, 6.45) is 5.50. The first-order valence-electron chi connectivity index (χ1n) is 26.9.